The summed E-state index contributed by atoms with van der Waals surface area (Å²) in [6.07, 6.45) is 3.70. The summed E-state index contributed by atoms with van der Waals surface area (Å²) in [5.41, 5.74) is 1.47. The monoisotopic (exact) mass is 438 g/mol. The Hall–Kier alpha value is -3.39. The van der Waals surface area contributed by atoms with Gasteiger partial charge in [-0.3, -0.25) is 9.59 Å². The van der Waals surface area contributed by atoms with Crippen molar-refractivity contribution in [3.63, 3.8) is 0 Å². The lowest BCUT2D eigenvalue weighted by atomic mass is 10.2. The summed E-state index contributed by atoms with van der Waals surface area (Å²) in [7, 11) is 0. The zero-order valence-corrected chi connectivity index (χ0v) is 18.4. The highest BCUT2D eigenvalue weighted by molar-refractivity contribution is 6.30. The molecule has 0 radical (unpaired) electrons. The minimum Gasteiger partial charge on any atom is -0.342 e. The number of rotatable bonds is 6. The number of hydrogen-bond acceptors (Lipinski definition) is 4. The van der Waals surface area contributed by atoms with Crippen LogP contribution in [-0.4, -0.2) is 48.0 Å². The van der Waals surface area contributed by atoms with Gasteiger partial charge in [0.15, 0.2) is 5.82 Å². The predicted molar refractivity (Wildman–Crippen MR) is 120 cm³/mol. The fraction of sp³-hybridized carbons (Fsp3) is 0.273. The highest BCUT2D eigenvalue weighted by Crippen LogP contribution is 2.25. The standard InChI is InChI=1S/C22H23ClN6O2/c1-4-26(5-2)18(30)14-28-22(31)19-20(15(3)24-28)25-29(17-10-8-16(23)9-11-17)21(19)27-12-6-7-13-27/h6-13H,4-5,14H2,1-3H3. The Labute approximate surface area is 184 Å². The van der Waals surface area contributed by atoms with E-state index in [4.69, 9.17) is 16.7 Å². The molecule has 31 heavy (non-hydrogen) atoms. The Morgan fingerprint density at radius 1 is 1.06 bits per heavy atom. The van der Waals surface area contributed by atoms with Crippen LogP contribution in [0.3, 0.4) is 0 Å². The number of carbonyl (C=O) groups excluding carboxylic acids is 1. The van der Waals surface area contributed by atoms with Crippen LogP contribution in [0, 0.1) is 6.92 Å². The highest BCUT2D eigenvalue weighted by Gasteiger charge is 2.23. The van der Waals surface area contributed by atoms with Gasteiger partial charge in [-0.1, -0.05) is 11.6 Å². The SMILES string of the molecule is CCN(CC)C(=O)Cn1nc(C)c2nn(-c3ccc(Cl)cc3)c(-n3cccc3)c2c1=O. The van der Waals surface area contributed by atoms with Gasteiger partial charge < -0.3 is 9.47 Å². The molecule has 0 fully saturated rings. The molecule has 0 saturated carbocycles. The molecule has 1 aromatic carbocycles. The minimum absolute atomic E-state index is 0.117. The maximum Gasteiger partial charge on any atom is 0.280 e. The molecular weight excluding hydrogens is 416 g/mol. The van der Waals surface area contributed by atoms with Crippen molar-refractivity contribution >= 4 is 28.4 Å². The molecule has 0 aliphatic rings. The van der Waals surface area contributed by atoms with Crippen molar-refractivity contribution in [2.75, 3.05) is 13.1 Å². The van der Waals surface area contributed by atoms with Crippen molar-refractivity contribution in [2.45, 2.75) is 27.3 Å². The van der Waals surface area contributed by atoms with E-state index in [9.17, 15) is 9.59 Å². The number of fused-ring (bicyclic) bond motifs is 1. The largest absolute Gasteiger partial charge is 0.342 e. The molecule has 160 valence electrons. The Morgan fingerprint density at radius 2 is 1.71 bits per heavy atom. The second-order valence-corrected chi connectivity index (χ2v) is 7.58. The summed E-state index contributed by atoms with van der Waals surface area (Å²) < 4.78 is 4.77. The Balaban J connectivity index is 1.96. The van der Waals surface area contributed by atoms with Gasteiger partial charge in [-0.05, 0) is 57.2 Å². The number of amides is 1. The van der Waals surface area contributed by atoms with E-state index >= 15 is 0 Å². The molecule has 0 spiro atoms. The average Bonchev–Trinajstić information content (AvgIpc) is 3.41. The van der Waals surface area contributed by atoms with Crippen LogP contribution in [0.25, 0.3) is 22.4 Å². The topological polar surface area (TPSA) is 78.0 Å². The second kappa shape index (κ2) is 8.39. The van der Waals surface area contributed by atoms with Gasteiger partial charge in [0, 0.05) is 30.5 Å². The number of benzene rings is 1. The molecule has 0 saturated heterocycles. The van der Waals surface area contributed by atoms with Crippen LogP contribution in [0.1, 0.15) is 19.5 Å². The lowest BCUT2D eigenvalue weighted by molar-refractivity contribution is -0.131. The third-order valence-corrected chi connectivity index (χ3v) is 5.50. The molecule has 4 aromatic rings. The van der Waals surface area contributed by atoms with Gasteiger partial charge in [-0.2, -0.15) is 10.2 Å². The van der Waals surface area contributed by atoms with E-state index < -0.39 is 0 Å². The maximum atomic E-state index is 13.5. The quantitative estimate of drug-likeness (QED) is 0.463. The normalized spacial score (nSPS) is 11.2. The van der Waals surface area contributed by atoms with Crippen molar-refractivity contribution in [3.8, 4) is 11.5 Å². The molecule has 0 bridgehead atoms. The zero-order chi connectivity index (χ0) is 22.1. The molecule has 8 nitrogen and oxygen atoms in total. The molecule has 9 heteroatoms. The number of nitrogens with zero attached hydrogens (tertiary/aromatic N) is 6. The smallest absolute Gasteiger partial charge is 0.280 e. The molecule has 0 N–H and O–H groups in total. The van der Waals surface area contributed by atoms with Crippen LogP contribution in [0.5, 0.6) is 0 Å². The third kappa shape index (κ3) is 3.74. The molecule has 3 aromatic heterocycles. The number of hydrogen-bond donors (Lipinski definition) is 0. The average molecular weight is 439 g/mol. The summed E-state index contributed by atoms with van der Waals surface area (Å²) in [5.74, 6) is 0.438. The zero-order valence-electron chi connectivity index (χ0n) is 17.6. The number of likely N-dealkylation sites (N-methyl/N-ethyl adjacent to an activating group) is 1. The molecule has 0 atom stereocenters. The Kier molecular flexibility index (Phi) is 5.65. The van der Waals surface area contributed by atoms with Crippen LogP contribution >= 0.6 is 11.6 Å². The van der Waals surface area contributed by atoms with Crippen molar-refractivity contribution in [1.82, 2.24) is 29.0 Å². The van der Waals surface area contributed by atoms with Crippen molar-refractivity contribution < 1.29 is 4.79 Å². The van der Waals surface area contributed by atoms with E-state index in [2.05, 4.69) is 5.10 Å². The first-order valence-electron chi connectivity index (χ1n) is 10.1. The molecule has 0 aliphatic carbocycles. The van der Waals surface area contributed by atoms with E-state index in [1.165, 1.54) is 4.68 Å². The van der Waals surface area contributed by atoms with Crippen LogP contribution < -0.4 is 5.56 Å². The number of halogens is 1. The van der Waals surface area contributed by atoms with Crippen molar-refractivity contribution in [3.05, 3.63) is 69.9 Å². The third-order valence-electron chi connectivity index (χ3n) is 5.24. The molecule has 0 unspecified atom stereocenters. The van der Waals surface area contributed by atoms with Crippen LogP contribution in [0.15, 0.2) is 53.6 Å². The first kappa shape index (κ1) is 20.9. The molecule has 1 amide bonds. The Bertz CT molecular complexity index is 1280. The maximum absolute atomic E-state index is 13.5. The molecular formula is C22H23ClN6O2. The number of aromatic nitrogens is 5. The first-order chi connectivity index (χ1) is 14.9. The van der Waals surface area contributed by atoms with E-state index in [1.807, 2.05) is 55.1 Å². The highest BCUT2D eigenvalue weighted by atomic mass is 35.5. The van der Waals surface area contributed by atoms with Gasteiger partial charge in [-0.15, -0.1) is 0 Å². The van der Waals surface area contributed by atoms with E-state index in [1.54, 1.807) is 28.6 Å². The predicted octanol–water partition coefficient (Wildman–Crippen LogP) is 3.20. The van der Waals surface area contributed by atoms with E-state index in [0.29, 0.717) is 40.5 Å². The van der Waals surface area contributed by atoms with Gasteiger partial charge in [0.2, 0.25) is 5.91 Å². The molecule has 3 heterocycles. The van der Waals surface area contributed by atoms with Crippen LogP contribution in [0.4, 0.5) is 0 Å². The van der Waals surface area contributed by atoms with Crippen molar-refractivity contribution in [2.24, 2.45) is 0 Å². The van der Waals surface area contributed by atoms with Gasteiger partial charge in [0.1, 0.15) is 17.4 Å². The summed E-state index contributed by atoms with van der Waals surface area (Å²) >= 11 is 6.05. The Morgan fingerprint density at radius 3 is 2.32 bits per heavy atom. The number of carbonyl (C=O) groups is 1. The lowest BCUT2D eigenvalue weighted by Gasteiger charge is -2.18. The van der Waals surface area contributed by atoms with Crippen molar-refractivity contribution in [1.29, 1.82) is 0 Å². The molecule has 4 rings (SSSR count). The van der Waals surface area contributed by atoms with Crippen LogP contribution in [-0.2, 0) is 11.3 Å². The van der Waals surface area contributed by atoms with Crippen LogP contribution in [0.2, 0.25) is 5.02 Å². The summed E-state index contributed by atoms with van der Waals surface area (Å²) in [6.45, 7) is 6.65. The minimum atomic E-state index is -0.356. The van der Waals surface area contributed by atoms with Gasteiger partial charge in [0.25, 0.3) is 5.56 Å². The van der Waals surface area contributed by atoms with Gasteiger partial charge >= 0.3 is 0 Å². The van der Waals surface area contributed by atoms with E-state index in [-0.39, 0.29) is 18.0 Å². The number of aryl methyl sites for hydroxylation is 1. The summed E-state index contributed by atoms with van der Waals surface area (Å²) in [4.78, 5) is 27.8. The molecule has 0 aliphatic heterocycles. The summed E-state index contributed by atoms with van der Waals surface area (Å²) in [5, 5.41) is 10.1. The van der Waals surface area contributed by atoms with Gasteiger partial charge in [0.05, 0.1) is 11.4 Å². The second-order valence-electron chi connectivity index (χ2n) is 7.14. The summed E-state index contributed by atoms with van der Waals surface area (Å²) in [6, 6.07) is 11.0. The fourth-order valence-corrected chi connectivity index (χ4v) is 3.78. The van der Waals surface area contributed by atoms with E-state index in [0.717, 1.165) is 5.69 Å². The lowest BCUT2D eigenvalue weighted by Crippen LogP contribution is -2.37. The van der Waals surface area contributed by atoms with Gasteiger partial charge in [-0.25, -0.2) is 9.36 Å². The fourth-order valence-electron chi connectivity index (χ4n) is 3.65. The first-order valence-corrected chi connectivity index (χ1v) is 10.5.